The molecule has 2 atom stereocenters. The first-order valence-corrected chi connectivity index (χ1v) is 7.84. The Bertz CT molecular complexity index is 407. The fourth-order valence-electron chi connectivity index (χ4n) is 2.16. The number of aliphatic hydroxyl groups is 1. The maximum Gasteiger partial charge on any atom is 0.422 e. The number of hydrogen-bond donors (Lipinski definition) is 2. The van der Waals surface area contributed by atoms with Gasteiger partial charge in [0.25, 0.3) is 0 Å². The van der Waals surface area contributed by atoms with Crippen molar-refractivity contribution in [1.29, 1.82) is 0 Å². The molecule has 1 amide bonds. The molecule has 0 aromatic carbocycles. The lowest BCUT2D eigenvalue weighted by atomic mass is 10.1. The summed E-state index contributed by atoms with van der Waals surface area (Å²) >= 11 is 0. The monoisotopic (exact) mass is 294 g/mol. The summed E-state index contributed by atoms with van der Waals surface area (Å²) in [4.78, 5) is 11.4. The molecule has 0 saturated carbocycles. The van der Waals surface area contributed by atoms with E-state index in [4.69, 9.17) is 4.74 Å². The highest BCUT2D eigenvalue weighted by Crippen LogP contribution is 2.23. The molecule has 0 aromatic rings. The molecule has 112 valence electrons. The third-order valence-electron chi connectivity index (χ3n) is 2.80. The Hall–Kier alpha value is -0.860. The lowest BCUT2D eigenvalue weighted by molar-refractivity contribution is 0.120. The molecule has 1 saturated heterocycles. The van der Waals surface area contributed by atoms with Crippen molar-refractivity contribution in [1.82, 2.24) is 9.03 Å². The Labute approximate surface area is 114 Å². The molecule has 8 heteroatoms. The van der Waals surface area contributed by atoms with Crippen LogP contribution in [0.1, 0.15) is 40.0 Å². The SMILES string of the molecule is CC(O)CC1CCCN1S(=O)(=O)NC(=O)OC(C)C. The number of ether oxygens (including phenoxy) is 1. The molecule has 2 unspecified atom stereocenters. The minimum atomic E-state index is -3.90. The molecule has 1 aliphatic heterocycles. The van der Waals surface area contributed by atoms with Crippen molar-refractivity contribution in [3.63, 3.8) is 0 Å². The Morgan fingerprint density at radius 1 is 1.47 bits per heavy atom. The summed E-state index contributed by atoms with van der Waals surface area (Å²) in [7, 11) is -3.90. The van der Waals surface area contributed by atoms with Crippen molar-refractivity contribution >= 4 is 16.3 Å². The smallest absolute Gasteiger partial charge is 0.422 e. The molecule has 0 aromatic heterocycles. The van der Waals surface area contributed by atoms with Gasteiger partial charge in [-0.3, -0.25) is 0 Å². The van der Waals surface area contributed by atoms with Gasteiger partial charge in [-0.15, -0.1) is 0 Å². The fraction of sp³-hybridized carbons (Fsp3) is 0.909. The van der Waals surface area contributed by atoms with E-state index in [2.05, 4.69) is 0 Å². The number of hydrogen-bond acceptors (Lipinski definition) is 5. The molecular formula is C11H22N2O5S. The van der Waals surface area contributed by atoms with Crippen LogP contribution in [-0.4, -0.2) is 48.7 Å². The second-order valence-corrected chi connectivity index (χ2v) is 6.68. The first-order chi connectivity index (χ1) is 8.72. The van der Waals surface area contributed by atoms with Gasteiger partial charge in [0.05, 0.1) is 12.2 Å². The molecule has 1 aliphatic rings. The fourth-order valence-corrected chi connectivity index (χ4v) is 3.49. The second kappa shape index (κ2) is 6.53. The van der Waals surface area contributed by atoms with Gasteiger partial charge in [-0.25, -0.2) is 9.52 Å². The topological polar surface area (TPSA) is 95.9 Å². The van der Waals surface area contributed by atoms with Gasteiger partial charge in [-0.05, 0) is 40.0 Å². The van der Waals surface area contributed by atoms with Gasteiger partial charge < -0.3 is 9.84 Å². The van der Waals surface area contributed by atoms with Crippen LogP contribution in [0.2, 0.25) is 0 Å². The molecule has 2 N–H and O–H groups in total. The highest BCUT2D eigenvalue weighted by Gasteiger charge is 2.36. The van der Waals surface area contributed by atoms with Gasteiger partial charge in [0.1, 0.15) is 0 Å². The summed E-state index contributed by atoms with van der Waals surface area (Å²) in [6, 6.07) is -0.274. The number of amides is 1. The van der Waals surface area contributed by atoms with E-state index in [-0.39, 0.29) is 12.1 Å². The summed E-state index contributed by atoms with van der Waals surface area (Å²) in [6.07, 6.45) is -0.175. The molecule has 0 bridgehead atoms. The number of carbonyl (C=O) groups excluding carboxylic acids is 1. The number of carbonyl (C=O) groups is 1. The average molecular weight is 294 g/mol. The van der Waals surface area contributed by atoms with E-state index < -0.39 is 22.4 Å². The van der Waals surface area contributed by atoms with Crippen LogP contribution < -0.4 is 4.72 Å². The average Bonchev–Trinajstić information content (AvgIpc) is 2.62. The van der Waals surface area contributed by atoms with Crippen molar-refractivity contribution < 1.29 is 23.1 Å². The van der Waals surface area contributed by atoms with Gasteiger partial charge >= 0.3 is 16.3 Å². The number of nitrogens with zero attached hydrogens (tertiary/aromatic N) is 1. The van der Waals surface area contributed by atoms with Crippen LogP contribution in [-0.2, 0) is 14.9 Å². The summed E-state index contributed by atoms with van der Waals surface area (Å²) in [5, 5.41) is 9.36. The molecule has 7 nitrogen and oxygen atoms in total. The standard InChI is InChI=1S/C11H22N2O5S/c1-8(2)18-11(15)12-19(16,17)13-6-4-5-10(13)7-9(3)14/h8-10,14H,4-7H2,1-3H3,(H,12,15). The van der Waals surface area contributed by atoms with Crippen LogP contribution in [0, 0.1) is 0 Å². The molecule has 1 rings (SSSR count). The zero-order chi connectivity index (χ0) is 14.6. The third-order valence-corrected chi connectivity index (χ3v) is 4.32. The first-order valence-electron chi connectivity index (χ1n) is 6.40. The van der Waals surface area contributed by atoms with Crippen LogP contribution in [0.3, 0.4) is 0 Å². The van der Waals surface area contributed by atoms with Gasteiger partial charge in [-0.1, -0.05) is 0 Å². The lowest BCUT2D eigenvalue weighted by Crippen LogP contribution is -2.46. The largest absolute Gasteiger partial charge is 0.446 e. The van der Waals surface area contributed by atoms with E-state index in [0.717, 1.165) is 6.42 Å². The zero-order valence-electron chi connectivity index (χ0n) is 11.5. The number of rotatable bonds is 5. The lowest BCUT2D eigenvalue weighted by Gasteiger charge is -2.24. The second-order valence-electron chi connectivity index (χ2n) is 5.05. The van der Waals surface area contributed by atoms with E-state index in [1.54, 1.807) is 20.8 Å². The predicted octanol–water partition coefficient (Wildman–Crippen LogP) is 0.601. The maximum absolute atomic E-state index is 12.0. The van der Waals surface area contributed by atoms with Crippen LogP contribution in [0.4, 0.5) is 4.79 Å². The van der Waals surface area contributed by atoms with Crippen molar-refractivity contribution in [3.05, 3.63) is 0 Å². The first kappa shape index (κ1) is 16.2. The Morgan fingerprint density at radius 3 is 2.63 bits per heavy atom. The van der Waals surface area contributed by atoms with Crippen molar-refractivity contribution in [2.75, 3.05) is 6.54 Å². The molecule has 0 radical (unpaired) electrons. The van der Waals surface area contributed by atoms with Gasteiger partial charge in [0.2, 0.25) is 0 Å². The van der Waals surface area contributed by atoms with E-state index in [0.29, 0.717) is 19.4 Å². The molecule has 19 heavy (non-hydrogen) atoms. The maximum atomic E-state index is 12.0. The highest BCUT2D eigenvalue weighted by molar-refractivity contribution is 7.87. The summed E-state index contributed by atoms with van der Waals surface area (Å²) in [5.41, 5.74) is 0. The summed E-state index contributed by atoms with van der Waals surface area (Å²) in [5.74, 6) is 0. The summed E-state index contributed by atoms with van der Waals surface area (Å²) < 4.78 is 32.0. The van der Waals surface area contributed by atoms with Gasteiger partial charge in [0, 0.05) is 12.6 Å². The van der Waals surface area contributed by atoms with Crippen LogP contribution in [0.15, 0.2) is 0 Å². The molecular weight excluding hydrogens is 272 g/mol. The number of aliphatic hydroxyl groups excluding tert-OH is 1. The zero-order valence-corrected chi connectivity index (χ0v) is 12.3. The van der Waals surface area contributed by atoms with E-state index in [1.165, 1.54) is 4.31 Å². The van der Waals surface area contributed by atoms with Gasteiger partial charge in [-0.2, -0.15) is 12.7 Å². The van der Waals surface area contributed by atoms with E-state index in [1.807, 2.05) is 4.72 Å². The van der Waals surface area contributed by atoms with Crippen molar-refractivity contribution in [3.8, 4) is 0 Å². The quantitative estimate of drug-likeness (QED) is 0.774. The minimum Gasteiger partial charge on any atom is -0.446 e. The van der Waals surface area contributed by atoms with E-state index in [9.17, 15) is 18.3 Å². The van der Waals surface area contributed by atoms with Crippen molar-refractivity contribution in [2.24, 2.45) is 0 Å². The highest BCUT2D eigenvalue weighted by atomic mass is 32.2. The third kappa shape index (κ3) is 4.96. The normalized spacial score (nSPS) is 22.5. The molecule has 1 heterocycles. The Kier molecular flexibility index (Phi) is 5.57. The van der Waals surface area contributed by atoms with Gasteiger partial charge in [0.15, 0.2) is 0 Å². The molecule has 0 spiro atoms. The summed E-state index contributed by atoms with van der Waals surface area (Å²) in [6.45, 7) is 5.24. The van der Waals surface area contributed by atoms with Crippen LogP contribution in [0.25, 0.3) is 0 Å². The minimum absolute atomic E-state index is 0.274. The Morgan fingerprint density at radius 2 is 2.11 bits per heavy atom. The van der Waals surface area contributed by atoms with Crippen LogP contribution in [0.5, 0.6) is 0 Å². The van der Waals surface area contributed by atoms with E-state index >= 15 is 0 Å². The predicted molar refractivity (Wildman–Crippen MR) is 69.7 cm³/mol. The number of nitrogens with one attached hydrogen (secondary N) is 1. The van der Waals surface area contributed by atoms with Crippen molar-refractivity contribution in [2.45, 2.75) is 58.3 Å². The Balaban J connectivity index is 2.68. The molecule has 1 fully saturated rings. The molecule has 0 aliphatic carbocycles. The van der Waals surface area contributed by atoms with Crippen LogP contribution >= 0.6 is 0 Å².